The lowest BCUT2D eigenvalue weighted by Gasteiger charge is -2.23. The third-order valence-electron chi connectivity index (χ3n) is 4.48. The SMILES string of the molecule is CC(Cc1c(F)cccc1F)NC(=O)CN1CCC(C)(CN)C1.Cl. The first-order chi connectivity index (χ1) is 10.8. The van der Waals surface area contributed by atoms with Crippen molar-refractivity contribution in [3.05, 3.63) is 35.4 Å². The highest BCUT2D eigenvalue weighted by Gasteiger charge is 2.33. The van der Waals surface area contributed by atoms with Crippen LogP contribution in [0.4, 0.5) is 8.78 Å². The molecule has 0 aromatic heterocycles. The summed E-state index contributed by atoms with van der Waals surface area (Å²) in [5.41, 5.74) is 5.84. The number of benzene rings is 1. The molecule has 1 aromatic rings. The number of likely N-dealkylation sites (tertiary alicyclic amines) is 1. The summed E-state index contributed by atoms with van der Waals surface area (Å²) in [6.45, 7) is 6.41. The summed E-state index contributed by atoms with van der Waals surface area (Å²) in [6.07, 6.45) is 1.11. The summed E-state index contributed by atoms with van der Waals surface area (Å²) < 4.78 is 27.3. The Kier molecular flexibility index (Phi) is 7.57. The van der Waals surface area contributed by atoms with Crippen LogP contribution >= 0.6 is 12.4 Å². The average molecular weight is 362 g/mol. The van der Waals surface area contributed by atoms with Crippen LogP contribution in [0.25, 0.3) is 0 Å². The van der Waals surface area contributed by atoms with Gasteiger partial charge in [0.05, 0.1) is 6.54 Å². The summed E-state index contributed by atoms with van der Waals surface area (Å²) >= 11 is 0. The van der Waals surface area contributed by atoms with Gasteiger partial charge in [-0.2, -0.15) is 0 Å². The van der Waals surface area contributed by atoms with Crippen molar-refractivity contribution in [2.75, 3.05) is 26.2 Å². The molecule has 1 amide bonds. The fraction of sp³-hybridized carbons (Fsp3) is 0.588. The molecule has 136 valence electrons. The second-order valence-corrected chi connectivity index (χ2v) is 6.85. The quantitative estimate of drug-likeness (QED) is 0.815. The molecule has 0 aliphatic carbocycles. The molecule has 2 unspecified atom stereocenters. The fourth-order valence-electron chi connectivity index (χ4n) is 3.04. The van der Waals surface area contributed by atoms with Gasteiger partial charge in [-0.3, -0.25) is 9.69 Å². The van der Waals surface area contributed by atoms with Gasteiger partial charge < -0.3 is 11.1 Å². The number of nitrogens with one attached hydrogen (secondary N) is 1. The van der Waals surface area contributed by atoms with Crippen molar-refractivity contribution in [3.8, 4) is 0 Å². The molecule has 1 fully saturated rings. The summed E-state index contributed by atoms with van der Waals surface area (Å²) in [5, 5.41) is 2.81. The van der Waals surface area contributed by atoms with Crippen molar-refractivity contribution in [3.63, 3.8) is 0 Å². The van der Waals surface area contributed by atoms with E-state index < -0.39 is 11.6 Å². The molecule has 2 atom stereocenters. The monoisotopic (exact) mass is 361 g/mol. The van der Waals surface area contributed by atoms with E-state index in [1.807, 2.05) is 0 Å². The Labute approximate surface area is 148 Å². The van der Waals surface area contributed by atoms with E-state index in [1.165, 1.54) is 18.2 Å². The van der Waals surface area contributed by atoms with E-state index in [0.29, 0.717) is 13.1 Å². The van der Waals surface area contributed by atoms with Crippen molar-refractivity contribution in [2.24, 2.45) is 11.1 Å². The predicted octanol–water partition coefficient (Wildman–Crippen LogP) is 2.10. The molecule has 0 bridgehead atoms. The lowest BCUT2D eigenvalue weighted by atomic mass is 9.90. The number of hydrogen-bond acceptors (Lipinski definition) is 3. The van der Waals surface area contributed by atoms with E-state index in [0.717, 1.165) is 19.5 Å². The van der Waals surface area contributed by atoms with Crippen LogP contribution in [0, 0.1) is 17.0 Å². The largest absolute Gasteiger partial charge is 0.352 e. The predicted molar refractivity (Wildman–Crippen MR) is 93.1 cm³/mol. The molecule has 7 heteroatoms. The van der Waals surface area contributed by atoms with E-state index in [9.17, 15) is 13.6 Å². The van der Waals surface area contributed by atoms with Crippen LogP contribution in [0.15, 0.2) is 18.2 Å². The zero-order valence-electron chi connectivity index (χ0n) is 14.1. The Morgan fingerprint density at radius 2 is 2.04 bits per heavy atom. The molecule has 1 aliphatic heterocycles. The first kappa shape index (κ1) is 20.8. The lowest BCUT2D eigenvalue weighted by Crippen LogP contribution is -2.42. The van der Waals surface area contributed by atoms with Crippen molar-refractivity contribution >= 4 is 18.3 Å². The smallest absolute Gasteiger partial charge is 0.234 e. The van der Waals surface area contributed by atoms with Gasteiger partial charge in [0.15, 0.2) is 0 Å². The summed E-state index contributed by atoms with van der Waals surface area (Å²) in [4.78, 5) is 14.2. The minimum absolute atomic E-state index is 0. The first-order valence-corrected chi connectivity index (χ1v) is 7.98. The minimum Gasteiger partial charge on any atom is -0.352 e. The molecule has 1 heterocycles. The molecule has 4 nitrogen and oxygen atoms in total. The maximum atomic E-state index is 13.6. The Morgan fingerprint density at radius 1 is 1.42 bits per heavy atom. The molecule has 0 radical (unpaired) electrons. The molecule has 1 saturated heterocycles. The van der Waals surface area contributed by atoms with E-state index in [-0.39, 0.29) is 41.8 Å². The highest BCUT2D eigenvalue weighted by atomic mass is 35.5. The van der Waals surface area contributed by atoms with Gasteiger partial charge >= 0.3 is 0 Å². The number of rotatable bonds is 6. The summed E-state index contributed by atoms with van der Waals surface area (Å²) in [5.74, 6) is -1.29. The van der Waals surface area contributed by atoms with Gasteiger partial charge in [-0.05, 0) is 50.4 Å². The Hall–Kier alpha value is -1.24. The molecular weight excluding hydrogens is 336 g/mol. The van der Waals surface area contributed by atoms with Crippen LogP contribution in [0.2, 0.25) is 0 Å². The number of carbonyl (C=O) groups excluding carboxylic acids is 1. The molecule has 2 rings (SSSR count). The average Bonchev–Trinajstić information content (AvgIpc) is 2.85. The lowest BCUT2D eigenvalue weighted by molar-refractivity contribution is -0.122. The highest BCUT2D eigenvalue weighted by molar-refractivity contribution is 5.85. The molecule has 1 aromatic carbocycles. The maximum Gasteiger partial charge on any atom is 0.234 e. The molecular formula is C17H26ClF2N3O. The van der Waals surface area contributed by atoms with E-state index >= 15 is 0 Å². The van der Waals surface area contributed by atoms with Gasteiger partial charge in [0, 0.05) is 18.2 Å². The van der Waals surface area contributed by atoms with Crippen molar-refractivity contribution in [2.45, 2.75) is 32.7 Å². The molecule has 24 heavy (non-hydrogen) atoms. The number of nitrogens with zero attached hydrogens (tertiary/aromatic N) is 1. The van der Waals surface area contributed by atoms with E-state index in [1.54, 1.807) is 6.92 Å². The van der Waals surface area contributed by atoms with Crippen molar-refractivity contribution < 1.29 is 13.6 Å². The van der Waals surface area contributed by atoms with Gasteiger partial charge in [0.1, 0.15) is 11.6 Å². The number of hydrogen-bond donors (Lipinski definition) is 2. The molecule has 0 saturated carbocycles. The van der Waals surface area contributed by atoms with Crippen molar-refractivity contribution in [1.82, 2.24) is 10.2 Å². The van der Waals surface area contributed by atoms with Gasteiger partial charge in [0.2, 0.25) is 5.91 Å². The van der Waals surface area contributed by atoms with Crippen LogP contribution in [-0.4, -0.2) is 43.0 Å². The number of nitrogens with two attached hydrogens (primary N) is 1. The third kappa shape index (κ3) is 5.40. The van der Waals surface area contributed by atoms with Gasteiger partial charge in [-0.15, -0.1) is 12.4 Å². The van der Waals surface area contributed by atoms with Crippen molar-refractivity contribution in [1.29, 1.82) is 0 Å². The zero-order valence-corrected chi connectivity index (χ0v) is 15.0. The molecule has 3 N–H and O–H groups in total. The summed E-state index contributed by atoms with van der Waals surface area (Å²) in [7, 11) is 0. The molecule has 1 aliphatic rings. The highest BCUT2D eigenvalue weighted by Crippen LogP contribution is 2.27. The Balaban J connectivity index is 0.00000288. The van der Waals surface area contributed by atoms with E-state index in [2.05, 4.69) is 17.1 Å². The van der Waals surface area contributed by atoms with Gasteiger partial charge in [-0.1, -0.05) is 13.0 Å². The zero-order chi connectivity index (χ0) is 17.0. The topological polar surface area (TPSA) is 58.4 Å². The van der Waals surface area contributed by atoms with Gasteiger partial charge in [-0.25, -0.2) is 8.78 Å². The Bertz CT molecular complexity index is 553. The number of amides is 1. The van der Waals surface area contributed by atoms with Crippen LogP contribution < -0.4 is 11.1 Å². The maximum absolute atomic E-state index is 13.6. The Morgan fingerprint density at radius 3 is 2.58 bits per heavy atom. The van der Waals surface area contributed by atoms with Crippen LogP contribution in [0.1, 0.15) is 25.8 Å². The van der Waals surface area contributed by atoms with Crippen LogP contribution in [-0.2, 0) is 11.2 Å². The normalized spacial score (nSPS) is 22.0. The number of carbonyl (C=O) groups is 1. The third-order valence-corrected chi connectivity index (χ3v) is 4.48. The fourth-order valence-corrected chi connectivity index (χ4v) is 3.04. The first-order valence-electron chi connectivity index (χ1n) is 7.98. The van der Waals surface area contributed by atoms with Crippen LogP contribution in [0.3, 0.4) is 0 Å². The van der Waals surface area contributed by atoms with Crippen LogP contribution in [0.5, 0.6) is 0 Å². The minimum atomic E-state index is -0.579. The standard InChI is InChI=1S/C17H25F2N3O.ClH/c1-12(8-13-14(18)4-3-5-15(13)19)21-16(23)9-22-7-6-17(2,10-20)11-22;/h3-5,12H,6-11,20H2,1-2H3,(H,21,23);1H. The second kappa shape index (κ2) is 8.74. The van der Waals surface area contributed by atoms with Gasteiger partial charge in [0.25, 0.3) is 0 Å². The number of halogens is 3. The molecule has 0 spiro atoms. The summed E-state index contributed by atoms with van der Waals surface area (Å²) in [6, 6.07) is 3.45. The van der Waals surface area contributed by atoms with E-state index in [4.69, 9.17) is 5.73 Å². The second-order valence-electron chi connectivity index (χ2n) is 6.85.